The minimum Gasteiger partial charge on any atom is -0.493 e. The van der Waals surface area contributed by atoms with Crippen molar-refractivity contribution in [3.63, 3.8) is 0 Å². The normalized spacial score (nSPS) is 18.9. The molecule has 0 aliphatic carbocycles. The minimum absolute atomic E-state index is 0.152. The largest absolute Gasteiger partial charge is 0.493 e. The second kappa shape index (κ2) is 5.16. The van der Waals surface area contributed by atoms with Crippen LogP contribution in [0.3, 0.4) is 0 Å². The van der Waals surface area contributed by atoms with E-state index in [0.29, 0.717) is 13.2 Å². The van der Waals surface area contributed by atoms with E-state index in [9.17, 15) is 8.42 Å². The van der Waals surface area contributed by atoms with Crippen LogP contribution in [0.15, 0.2) is 18.2 Å². The number of ether oxygens (including phenoxy) is 2. The average Bonchev–Trinajstić information content (AvgIpc) is 2.34. The third-order valence-electron chi connectivity index (χ3n) is 2.89. The molecule has 6 heteroatoms. The van der Waals surface area contributed by atoms with Crippen LogP contribution < -0.4 is 14.2 Å². The Morgan fingerprint density at radius 2 is 2.28 bits per heavy atom. The first-order valence-corrected chi connectivity index (χ1v) is 7.62. The first-order valence-electron chi connectivity index (χ1n) is 5.73. The second-order valence-electron chi connectivity index (χ2n) is 4.45. The lowest BCUT2D eigenvalue weighted by atomic mass is 9.96. The van der Waals surface area contributed by atoms with E-state index in [4.69, 9.17) is 9.47 Å². The zero-order chi connectivity index (χ0) is 13.2. The van der Waals surface area contributed by atoms with Gasteiger partial charge in [0.2, 0.25) is 10.0 Å². The van der Waals surface area contributed by atoms with Gasteiger partial charge in [-0.3, -0.25) is 0 Å². The highest BCUT2D eigenvalue weighted by molar-refractivity contribution is 7.88. The predicted molar refractivity (Wildman–Crippen MR) is 68.5 cm³/mol. The minimum atomic E-state index is -3.14. The van der Waals surface area contributed by atoms with Crippen LogP contribution in [0.2, 0.25) is 0 Å². The van der Waals surface area contributed by atoms with Gasteiger partial charge in [0.15, 0.2) is 11.5 Å². The Hall–Kier alpha value is -1.27. The van der Waals surface area contributed by atoms with Crippen molar-refractivity contribution in [3.8, 4) is 11.5 Å². The SMILES string of the molecule is COc1cccc2c1OC[C@@H](CNS(C)(=O)=O)C2. The quantitative estimate of drug-likeness (QED) is 0.879. The Balaban J connectivity index is 2.06. The van der Waals surface area contributed by atoms with Gasteiger partial charge in [0.05, 0.1) is 20.0 Å². The Bertz CT molecular complexity index is 527. The number of methoxy groups -OCH3 is 1. The number of fused-ring (bicyclic) bond motifs is 1. The number of rotatable bonds is 4. The van der Waals surface area contributed by atoms with Crippen LogP contribution in [0.5, 0.6) is 11.5 Å². The van der Waals surface area contributed by atoms with E-state index in [1.807, 2.05) is 18.2 Å². The molecule has 0 fully saturated rings. The van der Waals surface area contributed by atoms with E-state index in [1.54, 1.807) is 7.11 Å². The number of para-hydroxylation sites is 1. The van der Waals surface area contributed by atoms with Gasteiger partial charge >= 0.3 is 0 Å². The molecule has 0 aromatic heterocycles. The standard InChI is InChI=1S/C12H17NO4S/c1-16-11-5-3-4-10-6-9(8-17-12(10)11)7-13-18(2,14)15/h3-5,9,13H,6-8H2,1-2H3/t9-/m1/s1. The van der Waals surface area contributed by atoms with Gasteiger partial charge in [-0.2, -0.15) is 0 Å². The van der Waals surface area contributed by atoms with Gasteiger partial charge in [-0.25, -0.2) is 13.1 Å². The van der Waals surface area contributed by atoms with E-state index < -0.39 is 10.0 Å². The van der Waals surface area contributed by atoms with Crippen molar-refractivity contribution in [1.29, 1.82) is 0 Å². The molecular weight excluding hydrogens is 254 g/mol. The molecule has 18 heavy (non-hydrogen) atoms. The molecule has 1 aliphatic heterocycles. The van der Waals surface area contributed by atoms with Crippen molar-refractivity contribution in [2.45, 2.75) is 6.42 Å². The predicted octanol–water partition coefficient (Wildman–Crippen LogP) is 0.796. The molecule has 0 saturated carbocycles. The molecular formula is C12H17NO4S. The van der Waals surface area contributed by atoms with Crippen molar-refractivity contribution in [3.05, 3.63) is 23.8 Å². The first-order chi connectivity index (χ1) is 8.49. The molecule has 1 heterocycles. The van der Waals surface area contributed by atoms with E-state index in [-0.39, 0.29) is 5.92 Å². The Morgan fingerprint density at radius 1 is 1.50 bits per heavy atom. The Morgan fingerprint density at radius 3 is 2.94 bits per heavy atom. The summed E-state index contributed by atoms with van der Waals surface area (Å²) in [5.74, 6) is 1.65. The summed E-state index contributed by atoms with van der Waals surface area (Å²) in [6, 6.07) is 5.74. The van der Waals surface area contributed by atoms with Gasteiger partial charge in [-0.1, -0.05) is 12.1 Å². The Kier molecular flexibility index (Phi) is 3.77. The number of hydrogen-bond donors (Lipinski definition) is 1. The molecule has 1 atom stereocenters. The molecule has 5 nitrogen and oxygen atoms in total. The molecule has 100 valence electrons. The van der Waals surface area contributed by atoms with Gasteiger partial charge in [-0.15, -0.1) is 0 Å². The highest BCUT2D eigenvalue weighted by Gasteiger charge is 2.23. The monoisotopic (exact) mass is 271 g/mol. The van der Waals surface area contributed by atoms with Gasteiger partial charge in [0.1, 0.15) is 0 Å². The lowest BCUT2D eigenvalue weighted by molar-refractivity contribution is 0.213. The first kappa shape index (κ1) is 13.2. The summed E-state index contributed by atoms with van der Waals surface area (Å²) in [4.78, 5) is 0. The van der Waals surface area contributed by atoms with E-state index in [2.05, 4.69) is 4.72 Å². The molecule has 1 aromatic carbocycles. The summed E-state index contributed by atoms with van der Waals surface area (Å²) >= 11 is 0. The lowest BCUT2D eigenvalue weighted by Crippen LogP contribution is -2.34. The second-order valence-corrected chi connectivity index (χ2v) is 6.28. The molecule has 0 spiro atoms. The van der Waals surface area contributed by atoms with Crippen LogP contribution in [-0.2, 0) is 16.4 Å². The summed E-state index contributed by atoms with van der Waals surface area (Å²) < 4.78 is 35.5. The van der Waals surface area contributed by atoms with Crippen molar-refractivity contribution in [2.75, 3.05) is 26.5 Å². The van der Waals surface area contributed by atoms with E-state index in [1.165, 1.54) is 0 Å². The molecule has 0 bridgehead atoms. The molecule has 1 aliphatic rings. The maximum atomic E-state index is 11.0. The maximum Gasteiger partial charge on any atom is 0.208 e. The van der Waals surface area contributed by atoms with E-state index in [0.717, 1.165) is 29.7 Å². The fraction of sp³-hybridized carbons (Fsp3) is 0.500. The van der Waals surface area contributed by atoms with Crippen LogP contribution in [-0.4, -0.2) is 34.9 Å². The molecule has 0 amide bonds. The third kappa shape index (κ3) is 3.14. The summed E-state index contributed by atoms with van der Waals surface area (Å²) in [5, 5.41) is 0. The van der Waals surface area contributed by atoms with Gasteiger partial charge < -0.3 is 9.47 Å². The average molecular weight is 271 g/mol. The summed E-state index contributed by atoms with van der Waals surface area (Å²) in [6.45, 7) is 0.894. The summed E-state index contributed by atoms with van der Waals surface area (Å²) in [6.07, 6.45) is 1.95. The summed E-state index contributed by atoms with van der Waals surface area (Å²) in [7, 11) is -1.54. The van der Waals surface area contributed by atoms with Gasteiger partial charge in [0.25, 0.3) is 0 Å². The molecule has 0 radical (unpaired) electrons. The van der Waals surface area contributed by atoms with Crippen LogP contribution in [0, 0.1) is 5.92 Å². The topological polar surface area (TPSA) is 64.6 Å². The van der Waals surface area contributed by atoms with Crippen molar-refractivity contribution in [1.82, 2.24) is 4.72 Å². The third-order valence-corrected chi connectivity index (χ3v) is 3.58. The van der Waals surface area contributed by atoms with Crippen LogP contribution in [0.1, 0.15) is 5.56 Å². The number of sulfonamides is 1. The van der Waals surface area contributed by atoms with Gasteiger partial charge in [-0.05, 0) is 18.1 Å². The molecule has 0 saturated heterocycles. The zero-order valence-corrected chi connectivity index (χ0v) is 11.3. The van der Waals surface area contributed by atoms with Crippen molar-refractivity contribution >= 4 is 10.0 Å². The van der Waals surface area contributed by atoms with Crippen molar-refractivity contribution in [2.24, 2.45) is 5.92 Å². The maximum absolute atomic E-state index is 11.0. The van der Waals surface area contributed by atoms with Crippen LogP contribution >= 0.6 is 0 Å². The number of hydrogen-bond acceptors (Lipinski definition) is 4. The fourth-order valence-electron chi connectivity index (χ4n) is 2.02. The molecule has 1 aromatic rings. The lowest BCUT2D eigenvalue weighted by Gasteiger charge is -2.26. The Labute approximate surface area is 107 Å². The fourth-order valence-corrected chi connectivity index (χ4v) is 2.56. The molecule has 2 rings (SSSR count). The molecule has 1 N–H and O–H groups in total. The smallest absolute Gasteiger partial charge is 0.208 e. The summed E-state index contributed by atoms with van der Waals surface area (Å²) in [5.41, 5.74) is 1.06. The number of benzene rings is 1. The van der Waals surface area contributed by atoms with E-state index >= 15 is 0 Å². The van der Waals surface area contributed by atoms with Crippen LogP contribution in [0.4, 0.5) is 0 Å². The highest BCUT2D eigenvalue weighted by Crippen LogP contribution is 2.35. The van der Waals surface area contributed by atoms with Crippen LogP contribution in [0.25, 0.3) is 0 Å². The highest BCUT2D eigenvalue weighted by atomic mass is 32.2. The molecule has 0 unspecified atom stereocenters. The van der Waals surface area contributed by atoms with Crippen molar-refractivity contribution < 1.29 is 17.9 Å². The number of nitrogens with one attached hydrogen (secondary N) is 1. The zero-order valence-electron chi connectivity index (χ0n) is 10.5. The van der Waals surface area contributed by atoms with Gasteiger partial charge in [0, 0.05) is 12.5 Å².